The molecule has 0 radical (unpaired) electrons. The zero-order chi connectivity index (χ0) is 15.1. The van der Waals surface area contributed by atoms with Gasteiger partial charge >= 0.3 is 0 Å². The molecule has 0 fully saturated rings. The van der Waals surface area contributed by atoms with Gasteiger partial charge < -0.3 is 11.1 Å². The van der Waals surface area contributed by atoms with Gasteiger partial charge in [-0.05, 0) is 48.2 Å². The first-order valence-electron chi connectivity index (χ1n) is 7.07. The van der Waals surface area contributed by atoms with E-state index in [2.05, 4.69) is 29.4 Å². The van der Waals surface area contributed by atoms with Gasteiger partial charge in [0.05, 0.1) is 0 Å². The van der Waals surface area contributed by atoms with Gasteiger partial charge in [-0.2, -0.15) is 0 Å². The van der Waals surface area contributed by atoms with Crippen molar-refractivity contribution >= 4 is 35.6 Å². The number of aliphatic imine (C=N–C) groups is 1. The molecule has 0 amide bonds. The predicted molar refractivity (Wildman–Crippen MR) is 101 cm³/mol. The summed E-state index contributed by atoms with van der Waals surface area (Å²) in [5.74, 6) is 0.151. The van der Waals surface area contributed by atoms with Crippen molar-refractivity contribution in [3.63, 3.8) is 0 Å². The average molecular weight is 413 g/mol. The van der Waals surface area contributed by atoms with E-state index in [0.717, 1.165) is 17.7 Å². The van der Waals surface area contributed by atoms with Crippen molar-refractivity contribution in [2.45, 2.75) is 19.8 Å². The van der Waals surface area contributed by atoms with Crippen molar-refractivity contribution in [3.8, 4) is 0 Å². The first-order chi connectivity index (χ1) is 10.2. The summed E-state index contributed by atoms with van der Waals surface area (Å²) >= 11 is 0. The summed E-state index contributed by atoms with van der Waals surface area (Å²) in [5.41, 5.74) is 8.95. The molecule has 0 heterocycles. The van der Waals surface area contributed by atoms with Gasteiger partial charge in [-0.1, -0.05) is 31.2 Å². The van der Waals surface area contributed by atoms with E-state index in [9.17, 15) is 4.39 Å². The third kappa shape index (κ3) is 6.01. The Bertz CT molecular complexity index is 629. The SMILES string of the molecule is CCc1cccc(NC(N)=NCCc2cccc(F)c2)c1.I. The minimum atomic E-state index is -0.223. The largest absolute Gasteiger partial charge is 0.370 e. The lowest BCUT2D eigenvalue weighted by molar-refractivity contribution is 0.625. The number of nitrogens with two attached hydrogens (primary N) is 1. The third-order valence-electron chi connectivity index (χ3n) is 3.18. The Morgan fingerprint density at radius 1 is 1.14 bits per heavy atom. The van der Waals surface area contributed by atoms with Crippen molar-refractivity contribution in [2.75, 3.05) is 11.9 Å². The molecule has 2 rings (SSSR count). The van der Waals surface area contributed by atoms with Crippen LogP contribution in [0.25, 0.3) is 0 Å². The molecular formula is C17H21FIN3. The van der Waals surface area contributed by atoms with Crippen LogP contribution in [0.2, 0.25) is 0 Å². The molecule has 0 saturated heterocycles. The molecule has 118 valence electrons. The second kappa shape index (κ2) is 9.40. The number of nitrogens with one attached hydrogen (secondary N) is 1. The number of benzene rings is 2. The maximum Gasteiger partial charge on any atom is 0.193 e. The van der Waals surface area contributed by atoms with E-state index in [1.807, 2.05) is 18.2 Å². The number of rotatable bonds is 5. The van der Waals surface area contributed by atoms with Crippen LogP contribution in [-0.4, -0.2) is 12.5 Å². The van der Waals surface area contributed by atoms with Crippen LogP contribution < -0.4 is 11.1 Å². The summed E-state index contributed by atoms with van der Waals surface area (Å²) in [6, 6.07) is 14.6. The Morgan fingerprint density at radius 2 is 1.86 bits per heavy atom. The van der Waals surface area contributed by atoms with E-state index in [0.29, 0.717) is 18.9 Å². The molecule has 0 bridgehead atoms. The van der Waals surface area contributed by atoms with Crippen LogP contribution in [0.3, 0.4) is 0 Å². The molecule has 0 aromatic heterocycles. The van der Waals surface area contributed by atoms with E-state index in [4.69, 9.17) is 5.73 Å². The Balaban J connectivity index is 0.00000242. The Morgan fingerprint density at radius 3 is 2.59 bits per heavy atom. The van der Waals surface area contributed by atoms with Crippen LogP contribution >= 0.6 is 24.0 Å². The number of hydrogen-bond donors (Lipinski definition) is 2. The van der Waals surface area contributed by atoms with Crippen LogP contribution in [0, 0.1) is 5.82 Å². The normalized spacial score (nSPS) is 10.9. The number of nitrogens with zero attached hydrogens (tertiary/aromatic N) is 1. The van der Waals surface area contributed by atoms with E-state index in [-0.39, 0.29) is 29.8 Å². The first kappa shape index (κ1) is 18.4. The van der Waals surface area contributed by atoms with Crippen molar-refractivity contribution in [2.24, 2.45) is 10.7 Å². The van der Waals surface area contributed by atoms with Gasteiger partial charge in [0.25, 0.3) is 0 Å². The molecule has 22 heavy (non-hydrogen) atoms. The van der Waals surface area contributed by atoms with Crippen LogP contribution in [0.4, 0.5) is 10.1 Å². The maximum absolute atomic E-state index is 13.0. The molecule has 2 aromatic carbocycles. The van der Waals surface area contributed by atoms with Gasteiger partial charge in [-0.15, -0.1) is 24.0 Å². The van der Waals surface area contributed by atoms with E-state index < -0.39 is 0 Å². The van der Waals surface area contributed by atoms with Gasteiger partial charge in [0.2, 0.25) is 0 Å². The number of aryl methyl sites for hydroxylation is 1. The maximum atomic E-state index is 13.0. The van der Waals surface area contributed by atoms with Crippen LogP contribution in [0.5, 0.6) is 0 Å². The number of halogens is 2. The number of guanidine groups is 1. The monoisotopic (exact) mass is 413 g/mol. The van der Waals surface area contributed by atoms with Crippen molar-refractivity contribution in [3.05, 3.63) is 65.5 Å². The fraction of sp³-hybridized carbons (Fsp3) is 0.235. The minimum absolute atomic E-state index is 0. The van der Waals surface area contributed by atoms with Crippen molar-refractivity contribution < 1.29 is 4.39 Å². The quantitative estimate of drug-likeness (QED) is 0.443. The summed E-state index contributed by atoms with van der Waals surface area (Å²) in [6.45, 7) is 2.63. The predicted octanol–water partition coefficient (Wildman–Crippen LogP) is 3.98. The lowest BCUT2D eigenvalue weighted by atomic mass is 10.1. The summed E-state index contributed by atoms with van der Waals surface area (Å²) in [7, 11) is 0. The standard InChI is InChI=1S/C17H20FN3.HI/c1-2-13-5-4-8-16(12-13)21-17(19)20-10-9-14-6-3-7-15(18)11-14;/h3-8,11-12H,2,9-10H2,1H3,(H3,19,20,21);1H. The Kier molecular flexibility index (Phi) is 7.87. The Hall–Kier alpha value is -1.63. The second-order valence-electron chi connectivity index (χ2n) is 4.83. The fourth-order valence-corrected chi connectivity index (χ4v) is 2.05. The number of anilines is 1. The zero-order valence-corrected chi connectivity index (χ0v) is 14.9. The highest BCUT2D eigenvalue weighted by atomic mass is 127. The molecule has 0 saturated carbocycles. The summed E-state index contributed by atoms with van der Waals surface area (Å²) in [6.07, 6.45) is 1.64. The molecule has 5 heteroatoms. The van der Waals surface area contributed by atoms with Gasteiger partial charge in [-0.3, -0.25) is 4.99 Å². The lowest BCUT2D eigenvalue weighted by Gasteiger charge is -2.07. The highest BCUT2D eigenvalue weighted by molar-refractivity contribution is 14.0. The van der Waals surface area contributed by atoms with E-state index >= 15 is 0 Å². The molecule has 0 aliphatic carbocycles. The number of hydrogen-bond acceptors (Lipinski definition) is 1. The van der Waals surface area contributed by atoms with Gasteiger partial charge in [0, 0.05) is 12.2 Å². The molecular weight excluding hydrogens is 392 g/mol. The second-order valence-corrected chi connectivity index (χ2v) is 4.83. The zero-order valence-electron chi connectivity index (χ0n) is 12.6. The summed E-state index contributed by atoms with van der Waals surface area (Å²) < 4.78 is 13.0. The summed E-state index contributed by atoms with van der Waals surface area (Å²) in [5, 5.41) is 3.07. The van der Waals surface area contributed by atoms with Crippen LogP contribution in [-0.2, 0) is 12.8 Å². The molecule has 3 nitrogen and oxygen atoms in total. The lowest BCUT2D eigenvalue weighted by Crippen LogP contribution is -2.23. The molecule has 0 aliphatic heterocycles. The Labute approximate surface area is 147 Å². The van der Waals surface area contributed by atoms with Gasteiger partial charge in [-0.25, -0.2) is 4.39 Å². The van der Waals surface area contributed by atoms with E-state index in [1.165, 1.54) is 17.7 Å². The minimum Gasteiger partial charge on any atom is -0.370 e. The first-order valence-corrected chi connectivity index (χ1v) is 7.07. The molecule has 0 spiro atoms. The third-order valence-corrected chi connectivity index (χ3v) is 3.18. The topological polar surface area (TPSA) is 50.4 Å². The molecule has 2 aromatic rings. The average Bonchev–Trinajstić information content (AvgIpc) is 2.47. The molecule has 0 atom stereocenters. The molecule has 3 N–H and O–H groups in total. The fourth-order valence-electron chi connectivity index (χ4n) is 2.05. The molecule has 0 unspecified atom stereocenters. The van der Waals surface area contributed by atoms with Crippen LogP contribution in [0.15, 0.2) is 53.5 Å². The van der Waals surface area contributed by atoms with Crippen molar-refractivity contribution in [1.29, 1.82) is 0 Å². The highest BCUT2D eigenvalue weighted by Gasteiger charge is 1.98. The summed E-state index contributed by atoms with van der Waals surface area (Å²) in [4.78, 5) is 4.26. The van der Waals surface area contributed by atoms with E-state index in [1.54, 1.807) is 6.07 Å². The highest BCUT2D eigenvalue weighted by Crippen LogP contribution is 2.10. The van der Waals surface area contributed by atoms with Crippen molar-refractivity contribution in [1.82, 2.24) is 0 Å². The smallest absolute Gasteiger partial charge is 0.193 e. The van der Waals surface area contributed by atoms with Gasteiger partial charge in [0.15, 0.2) is 5.96 Å². The molecule has 0 aliphatic rings. The van der Waals surface area contributed by atoms with Crippen LogP contribution in [0.1, 0.15) is 18.1 Å². The van der Waals surface area contributed by atoms with Gasteiger partial charge in [0.1, 0.15) is 5.82 Å².